The van der Waals surface area contributed by atoms with E-state index in [4.69, 9.17) is 0 Å². The van der Waals surface area contributed by atoms with Crippen molar-refractivity contribution < 1.29 is 27.1 Å². The number of hydrogen-bond donors (Lipinski definition) is 0. The Balaban J connectivity index is 3.30. The van der Waals surface area contributed by atoms with Crippen LogP contribution in [0.15, 0.2) is 18.2 Å². The fraction of sp³-hybridized carbons (Fsp3) is 0.222. The highest BCUT2D eigenvalue weighted by atomic mass is 19.4. The van der Waals surface area contributed by atoms with Crippen molar-refractivity contribution in [3.05, 3.63) is 35.1 Å². The molecule has 0 aliphatic rings. The minimum Gasteiger partial charge on any atom is -0.465 e. The maximum absolute atomic E-state index is 13.2. The third kappa shape index (κ3) is 2.26. The topological polar surface area (TPSA) is 26.3 Å². The van der Waals surface area contributed by atoms with Gasteiger partial charge in [0.15, 0.2) is 0 Å². The number of esters is 1. The molecule has 0 saturated heterocycles. The van der Waals surface area contributed by atoms with E-state index in [-0.39, 0.29) is 0 Å². The van der Waals surface area contributed by atoms with Crippen molar-refractivity contribution in [2.45, 2.75) is 6.18 Å². The van der Waals surface area contributed by atoms with Gasteiger partial charge in [-0.3, -0.25) is 0 Å². The maximum Gasteiger partial charge on any atom is 0.419 e. The highest BCUT2D eigenvalue weighted by Crippen LogP contribution is 2.32. The molecule has 0 aromatic heterocycles. The van der Waals surface area contributed by atoms with E-state index in [1.807, 2.05) is 0 Å². The molecule has 0 bridgehead atoms. The van der Waals surface area contributed by atoms with Crippen LogP contribution < -0.4 is 0 Å². The zero-order valence-electron chi connectivity index (χ0n) is 7.56. The van der Waals surface area contributed by atoms with E-state index in [1.54, 1.807) is 0 Å². The van der Waals surface area contributed by atoms with E-state index in [1.165, 1.54) is 0 Å². The lowest BCUT2D eigenvalue weighted by atomic mass is 10.1. The molecule has 0 aliphatic carbocycles. The molecule has 0 saturated carbocycles. The standard InChI is InChI=1S/C9H6F4O2/c1-15-8(14)5-3-2-4-6(7(5)10)9(11,12)13/h2-4H,1H3. The number of ether oxygens (including phenoxy) is 1. The predicted molar refractivity (Wildman–Crippen MR) is 42.7 cm³/mol. The van der Waals surface area contributed by atoms with E-state index in [2.05, 4.69) is 4.74 Å². The molecule has 0 heterocycles. The van der Waals surface area contributed by atoms with E-state index in [0.29, 0.717) is 6.07 Å². The van der Waals surface area contributed by atoms with Gasteiger partial charge in [0.1, 0.15) is 5.82 Å². The first-order chi connectivity index (χ1) is 6.88. The highest BCUT2D eigenvalue weighted by Gasteiger charge is 2.35. The fourth-order valence-electron chi connectivity index (χ4n) is 1.02. The van der Waals surface area contributed by atoms with Crippen molar-refractivity contribution >= 4 is 5.97 Å². The molecule has 0 radical (unpaired) electrons. The van der Waals surface area contributed by atoms with Crippen LogP contribution in [0, 0.1) is 5.82 Å². The molecular formula is C9H6F4O2. The first kappa shape index (κ1) is 11.5. The summed E-state index contributed by atoms with van der Waals surface area (Å²) in [5, 5.41) is 0. The summed E-state index contributed by atoms with van der Waals surface area (Å²) in [5.74, 6) is -2.75. The van der Waals surface area contributed by atoms with Crippen molar-refractivity contribution in [1.82, 2.24) is 0 Å². The number of methoxy groups -OCH3 is 1. The maximum atomic E-state index is 13.2. The van der Waals surface area contributed by atoms with Gasteiger partial charge in [-0.1, -0.05) is 6.07 Å². The molecule has 2 nitrogen and oxygen atoms in total. The summed E-state index contributed by atoms with van der Waals surface area (Å²) in [5.41, 5.74) is -2.21. The SMILES string of the molecule is COC(=O)c1cccc(C(F)(F)F)c1F. The van der Waals surface area contributed by atoms with Crippen molar-refractivity contribution in [2.75, 3.05) is 7.11 Å². The van der Waals surface area contributed by atoms with Gasteiger partial charge in [-0.25, -0.2) is 9.18 Å². The summed E-state index contributed by atoms with van der Waals surface area (Å²) in [7, 11) is 0.960. The fourth-order valence-corrected chi connectivity index (χ4v) is 1.02. The quantitative estimate of drug-likeness (QED) is 0.539. The van der Waals surface area contributed by atoms with Crippen LogP contribution >= 0.6 is 0 Å². The van der Waals surface area contributed by atoms with Crippen LogP contribution in [0.2, 0.25) is 0 Å². The number of rotatable bonds is 1. The Labute approximate surface area is 82.5 Å². The van der Waals surface area contributed by atoms with Gasteiger partial charge < -0.3 is 4.74 Å². The number of hydrogen-bond acceptors (Lipinski definition) is 2. The van der Waals surface area contributed by atoms with Crippen molar-refractivity contribution in [2.24, 2.45) is 0 Å². The lowest BCUT2D eigenvalue weighted by Crippen LogP contribution is -2.13. The molecule has 1 rings (SSSR count). The second-order valence-corrected chi connectivity index (χ2v) is 2.66. The van der Waals surface area contributed by atoms with Crippen molar-refractivity contribution in [1.29, 1.82) is 0 Å². The summed E-state index contributed by atoms with van der Waals surface area (Å²) in [4.78, 5) is 10.9. The number of carbonyl (C=O) groups excluding carboxylic acids is 1. The Bertz CT molecular complexity index is 384. The number of halogens is 4. The second kappa shape index (κ2) is 3.88. The van der Waals surface area contributed by atoms with E-state index in [9.17, 15) is 22.4 Å². The molecule has 6 heteroatoms. The Kier molecular flexibility index (Phi) is 2.97. The predicted octanol–water partition coefficient (Wildman–Crippen LogP) is 2.63. The Morgan fingerprint density at radius 3 is 2.40 bits per heavy atom. The summed E-state index contributed by atoms with van der Waals surface area (Å²) in [6.07, 6.45) is -4.83. The van der Waals surface area contributed by atoms with Gasteiger partial charge in [0, 0.05) is 0 Å². The summed E-state index contributed by atoms with van der Waals surface area (Å²) < 4.78 is 53.9. The molecule has 1 aromatic rings. The molecule has 0 atom stereocenters. The number of carbonyl (C=O) groups is 1. The first-order valence-corrected chi connectivity index (χ1v) is 3.82. The van der Waals surface area contributed by atoms with Gasteiger partial charge in [-0.05, 0) is 12.1 Å². The lowest BCUT2D eigenvalue weighted by Gasteiger charge is -2.09. The van der Waals surface area contributed by atoms with Gasteiger partial charge in [-0.2, -0.15) is 13.2 Å². The van der Waals surface area contributed by atoms with Gasteiger partial charge in [0.25, 0.3) is 0 Å². The smallest absolute Gasteiger partial charge is 0.419 e. The molecule has 0 amide bonds. The average Bonchev–Trinajstić information content (AvgIpc) is 2.15. The van der Waals surface area contributed by atoms with Gasteiger partial charge in [0.05, 0.1) is 18.2 Å². The van der Waals surface area contributed by atoms with E-state index in [0.717, 1.165) is 19.2 Å². The molecule has 0 unspecified atom stereocenters. The Morgan fingerprint density at radius 1 is 1.33 bits per heavy atom. The monoisotopic (exact) mass is 222 g/mol. The highest BCUT2D eigenvalue weighted by molar-refractivity contribution is 5.89. The summed E-state index contributed by atoms with van der Waals surface area (Å²) in [6, 6.07) is 2.43. The van der Waals surface area contributed by atoms with Crippen LogP contribution in [0.1, 0.15) is 15.9 Å². The molecule has 1 aromatic carbocycles. The van der Waals surface area contributed by atoms with Crippen LogP contribution in [-0.2, 0) is 10.9 Å². The van der Waals surface area contributed by atoms with Crippen LogP contribution in [0.25, 0.3) is 0 Å². The van der Waals surface area contributed by atoms with E-state index >= 15 is 0 Å². The van der Waals surface area contributed by atoms with Crippen LogP contribution in [0.4, 0.5) is 17.6 Å². The largest absolute Gasteiger partial charge is 0.465 e. The number of benzene rings is 1. The van der Waals surface area contributed by atoms with Crippen LogP contribution in [0.5, 0.6) is 0 Å². The zero-order valence-corrected chi connectivity index (χ0v) is 7.56. The molecule has 82 valence electrons. The van der Waals surface area contributed by atoms with Crippen LogP contribution in [-0.4, -0.2) is 13.1 Å². The minimum atomic E-state index is -4.83. The average molecular weight is 222 g/mol. The van der Waals surface area contributed by atoms with Gasteiger partial charge >= 0.3 is 12.1 Å². The third-order valence-electron chi connectivity index (χ3n) is 1.71. The minimum absolute atomic E-state index is 0.557. The van der Waals surface area contributed by atoms with Crippen molar-refractivity contribution in [3.8, 4) is 0 Å². The second-order valence-electron chi connectivity index (χ2n) is 2.66. The van der Waals surface area contributed by atoms with E-state index < -0.39 is 29.1 Å². The summed E-state index contributed by atoms with van der Waals surface area (Å²) >= 11 is 0. The Hall–Kier alpha value is -1.59. The lowest BCUT2D eigenvalue weighted by molar-refractivity contribution is -0.140. The number of alkyl halides is 3. The Morgan fingerprint density at radius 2 is 1.93 bits per heavy atom. The van der Waals surface area contributed by atoms with Gasteiger partial charge in [-0.15, -0.1) is 0 Å². The molecule has 0 aliphatic heterocycles. The molecule has 0 fully saturated rings. The molecule has 15 heavy (non-hydrogen) atoms. The van der Waals surface area contributed by atoms with Crippen molar-refractivity contribution in [3.63, 3.8) is 0 Å². The zero-order chi connectivity index (χ0) is 11.6. The summed E-state index contributed by atoms with van der Waals surface area (Å²) in [6.45, 7) is 0. The first-order valence-electron chi connectivity index (χ1n) is 3.82. The molecule has 0 spiro atoms. The van der Waals surface area contributed by atoms with Gasteiger partial charge in [0.2, 0.25) is 0 Å². The third-order valence-corrected chi connectivity index (χ3v) is 1.71. The molecular weight excluding hydrogens is 216 g/mol. The normalized spacial score (nSPS) is 11.3. The van der Waals surface area contributed by atoms with Crippen LogP contribution in [0.3, 0.4) is 0 Å². The molecule has 0 N–H and O–H groups in total.